The van der Waals surface area contributed by atoms with Crippen LogP contribution >= 0.6 is 0 Å². The Morgan fingerprint density at radius 2 is 1.88 bits per heavy atom. The molecule has 1 amide bonds. The van der Waals surface area contributed by atoms with Crippen LogP contribution in [0.25, 0.3) is 0 Å². The third kappa shape index (κ3) is 3.95. The van der Waals surface area contributed by atoms with Crippen molar-refractivity contribution in [3.8, 4) is 5.75 Å². The first kappa shape index (κ1) is 16.5. The largest absolute Gasteiger partial charge is 0.496 e. The van der Waals surface area contributed by atoms with Gasteiger partial charge in [0.05, 0.1) is 13.2 Å². The molecule has 1 N–H and O–H groups in total. The van der Waals surface area contributed by atoms with Gasteiger partial charge in [-0.15, -0.1) is 0 Å². The van der Waals surface area contributed by atoms with E-state index in [4.69, 9.17) is 4.74 Å². The number of carbonyl (C=O) groups excluding carboxylic acids is 1. The van der Waals surface area contributed by atoms with Crippen LogP contribution in [0.4, 0.5) is 0 Å². The van der Waals surface area contributed by atoms with Crippen LogP contribution in [0.5, 0.6) is 5.75 Å². The van der Waals surface area contributed by atoms with Gasteiger partial charge in [0.15, 0.2) is 0 Å². The highest BCUT2D eigenvalue weighted by Crippen LogP contribution is 2.21. The van der Waals surface area contributed by atoms with Crippen LogP contribution in [0.15, 0.2) is 54.6 Å². The number of benzene rings is 2. The lowest BCUT2D eigenvalue weighted by molar-refractivity contribution is -0.128. The Hall–Kier alpha value is -2.33. The zero-order valence-corrected chi connectivity index (χ0v) is 14.1. The van der Waals surface area contributed by atoms with Crippen molar-refractivity contribution in [2.24, 2.45) is 0 Å². The minimum atomic E-state index is 0.109. The fourth-order valence-electron chi connectivity index (χ4n) is 3.17. The van der Waals surface area contributed by atoms with Crippen molar-refractivity contribution in [2.75, 3.05) is 20.2 Å². The molecule has 0 bridgehead atoms. The van der Waals surface area contributed by atoms with Gasteiger partial charge in [-0.2, -0.15) is 0 Å². The van der Waals surface area contributed by atoms with E-state index in [1.165, 1.54) is 5.56 Å². The van der Waals surface area contributed by atoms with Crippen molar-refractivity contribution in [1.82, 2.24) is 10.2 Å². The Morgan fingerprint density at radius 3 is 2.58 bits per heavy atom. The fraction of sp³-hybridized carbons (Fsp3) is 0.350. The summed E-state index contributed by atoms with van der Waals surface area (Å²) in [6, 6.07) is 18.5. The molecule has 1 heterocycles. The Balaban J connectivity index is 1.73. The summed E-state index contributed by atoms with van der Waals surface area (Å²) < 4.78 is 5.43. The summed E-state index contributed by atoms with van der Waals surface area (Å²) in [4.78, 5) is 14.0. The third-order valence-corrected chi connectivity index (χ3v) is 4.51. The summed E-state index contributed by atoms with van der Waals surface area (Å²) in [5, 5.41) is 3.60. The highest BCUT2D eigenvalue weighted by atomic mass is 16.5. The summed E-state index contributed by atoms with van der Waals surface area (Å²) in [7, 11) is 1.69. The molecule has 0 radical (unpaired) electrons. The molecule has 1 aliphatic rings. The molecule has 0 saturated carbocycles. The molecule has 2 aromatic rings. The minimum absolute atomic E-state index is 0.109. The van der Waals surface area contributed by atoms with Gasteiger partial charge in [0, 0.05) is 31.6 Å². The van der Waals surface area contributed by atoms with Gasteiger partial charge >= 0.3 is 0 Å². The minimum Gasteiger partial charge on any atom is -0.496 e. The molecule has 0 aliphatic carbocycles. The number of hydrogen-bond donors (Lipinski definition) is 1. The quantitative estimate of drug-likeness (QED) is 0.851. The van der Waals surface area contributed by atoms with E-state index in [9.17, 15) is 4.79 Å². The van der Waals surface area contributed by atoms with E-state index in [-0.39, 0.29) is 11.9 Å². The van der Waals surface area contributed by atoms with Gasteiger partial charge < -0.3 is 15.0 Å². The van der Waals surface area contributed by atoms with Gasteiger partial charge in [-0.1, -0.05) is 48.5 Å². The summed E-state index contributed by atoms with van der Waals surface area (Å²) in [6.45, 7) is 2.27. The van der Waals surface area contributed by atoms with Crippen molar-refractivity contribution >= 4 is 5.91 Å². The maximum Gasteiger partial charge on any atom is 0.222 e. The molecule has 3 rings (SSSR count). The van der Waals surface area contributed by atoms with E-state index in [1.807, 2.05) is 41.3 Å². The molecule has 24 heavy (non-hydrogen) atoms. The summed E-state index contributed by atoms with van der Waals surface area (Å²) in [6.07, 6.45) is 1.64. The van der Waals surface area contributed by atoms with Gasteiger partial charge in [0.25, 0.3) is 0 Å². The predicted molar refractivity (Wildman–Crippen MR) is 94.8 cm³/mol. The van der Waals surface area contributed by atoms with Crippen molar-refractivity contribution in [3.63, 3.8) is 0 Å². The van der Waals surface area contributed by atoms with E-state index >= 15 is 0 Å². The molecule has 1 aliphatic heterocycles. The number of ether oxygens (including phenoxy) is 1. The molecular weight excluding hydrogens is 300 g/mol. The lowest BCUT2D eigenvalue weighted by Crippen LogP contribution is -2.35. The van der Waals surface area contributed by atoms with Crippen LogP contribution < -0.4 is 10.1 Å². The van der Waals surface area contributed by atoms with Gasteiger partial charge in [0.2, 0.25) is 5.91 Å². The Labute approximate surface area is 143 Å². The number of para-hydroxylation sites is 1. The number of likely N-dealkylation sites (tertiary alicyclic amines) is 1. The molecule has 0 unspecified atom stereocenters. The lowest BCUT2D eigenvalue weighted by Gasteiger charge is -2.25. The summed E-state index contributed by atoms with van der Waals surface area (Å²) in [5.74, 6) is 1.14. The van der Waals surface area contributed by atoms with Gasteiger partial charge in [-0.05, 0) is 18.1 Å². The first-order valence-electron chi connectivity index (χ1n) is 8.46. The van der Waals surface area contributed by atoms with Crippen LogP contribution in [0.3, 0.4) is 0 Å². The standard InChI is InChI=1S/C20H24N2O2/c1-24-19-11-6-5-10-17(19)14-21-18(16-8-3-2-4-9-16)15-22-13-7-12-20(22)23/h2-6,8-11,18,21H,7,12-15H2,1H3/t18-/m1/s1. The van der Waals surface area contributed by atoms with E-state index in [2.05, 4.69) is 23.5 Å². The zero-order chi connectivity index (χ0) is 16.8. The lowest BCUT2D eigenvalue weighted by atomic mass is 10.1. The average molecular weight is 324 g/mol. The Kier molecular flexibility index (Phi) is 5.49. The number of nitrogens with one attached hydrogen (secondary N) is 1. The molecule has 4 nitrogen and oxygen atoms in total. The molecule has 1 saturated heterocycles. The zero-order valence-electron chi connectivity index (χ0n) is 14.1. The van der Waals surface area contributed by atoms with Crippen molar-refractivity contribution in [3.05, 3.63) is 65.7 Å². The van der Waals surface area contributed by atoms with Crippen LogP contribution in [0, 0.1) is 0 Å². The Bertz CT molecular complexity index is 672. The highest BCUT2D eigenvalue weighted by Gasteiger charge is 2.24. The molecular formula is C20H24N2O2. The third-order valence-electron chi connectivity index (χ3n) is 4.51. The topological polar surface area (TPSA) is 41.6 Å². The van der Waals surface area contributed by atoms with E-state index < -0.39 is 0 Å². The van der Waals surface area contributed by atoms with Gasteiger partial charge in [-0.3, -0.25) is 4.79 Å². The normalized spacial score (nSPS) is 15.5. The molecule has 0 aromatic heterocycles. The summed E-state index contributed by atoms with van der Waals surface area (Å²) >= 11 is 0. The number of carbonyl (C=O) groups is 1. The van der Waals surface area contributed by atoms with Crippen LogP contribution in [-0.2, 0) is 11.3 Å². The maximum absolute atomic E-state index is 12.0. The second-order valence-electron chi connectivity index (χ2n) is 6.10. The maximum atomic E-state index is 12.0. The number of methoxy groups -OCH3 is 1. The summed E-state index contributed by atoms with van der Waals surface area (Å²) in [5.41, 5.74) is 2.32. The van der Waals surface area contributed by atoms with Crippen LogP contribution in [-0.4, -0.2) is 31.0 Å². The van der Waals surface area contributed by atoms with Gasteiger partial charge in [0.1, 0.15) is 5.75 Å². The fourth-order valence-corrected chi connectivity index (χ4v) is 3.17. The number of amides is 1. The van der Waals surface area contributed by atoms with Crippen LogP contribution in [0.1, 0.15) is 30.0 Å². The van der Waals surface area contributed by atoms with Crippen molar-refractivity contribution < 1.29 is 9.53 Å². The van der Waals surface area contributed by atoms with E-state index in [0.717, 1.165) is 24.3 Å². The average Bonchev–Trinajstić information content (AvgIpc) is 3.04. The van der Waals surface area contributed by atoms with Gasteiger partial charge in [-0.25, -0.2) is 0 Å². The number of nitrogens with zero attached hydrogens (tertiary/aromatic N) is 1. The highest BCUT2D eigenvalue weighted by molar-refractivity contribution is 5.78. The first-order chi connectivity index (χ1) is 11.8. The molecule has 4 heteroatoms. The second-order valence-corrected chi connectivity index (χ2v) is 6.10. The SMILES string of the molecule is COc1ccccc1CN[C@H](CN1CCCC1=O)c1ccccc1. The van der Waals surface area contributed by atoms with E-state index in [0.29, 0.717) is 19.5 Å². The predicted octanol–water partition coefficient (Wildman–Crippen LogP) is 3.15. The number of rotatable bonds is 7. The van der Waals surface area contributed by atoms with Crippen molar-refractivity contribution in [1.29, 1.82) is 0 Å². The Morgan fingerprint density at radius 1 is 1.12 bits per heavy atom. The molecule has 1 atom stereocenters. The molecule has 2 aromatic carbocycles. The first-order valence-corrected chi connectivity index (χ1v) is 8.46. The molecule has 1 fully saturated rings. The molecule has 126 valence electrons. The number of hydrogen-bond acceptors (Lipinski definition) is 3. The van der Waals surface area contributed by atoms with Crippen molar-refractivity contribution in [2.45, 2.75) is 25.4 Å². The smallest absolute Gasteiger partial charge is 0.222 e. The van der Waals surface area contributed by atoms with Crippen LogP contribution in [0.2, 0.25) is 0 Å². The second kappa shape index (κ2) is 7.97. The molecule has 0 spiro atoms. The van der Waals surface area contributed by atoms with E-state index in [1.54, 1.807) is 7.11 Å². The monoisotopic (exact) mass is 324 g/mol.